The molecular weight excluding hydrogens is 315 g/mol. The number of nitriles is 1. The van der Waals surface area contributed by atoms with Gasteiger partial charge in [-0.25, -0.2) is 0 Å². The molecule has 0 radical (unpaired) electrons. The fraction of sp³-hybridized carbons (Fsp3) is 0.188. The Labute approximate surface area is 130 Å². The highest BCUT2D eigenvalue weighted by Crippen LogP contribution is 2.38. The lowest BCUT2D eigenvalue weighted by atomic mass is 10.1. The lowest BCUT2D eigenvalue weighted by Gasteiger charge is -2.12. The van der Waals surface area contributed by atoms with Gasteiger partial charge in [-0.05, 0) is 42.3 Å². The van der Waals surface area contributed by atoms with Crippen LogP contribution in [0.4, 0.5) is 13.2 Å². The third-order valence-corrected chi connectivity index (χ3v) is 3.37. The molecule has 0 bridgehead atoms. The highest BCUT2D eigenvalue weighted by Gasteiger charge is 2.33. The van der Waals surface area contributed by atoms with E-state index in [1.54, 1.807) is 18.2 Å². The SMILES string of the molecule is CCc1ccc(Oc2ccc(Cl)c(C(F)(F)F)c2)c(C#N)c1. The van der Waals surface area contributed by atoms with E-state index in [2.05, 4.69) is 0 Å². The zero-order valence-corrected chi connectivity index (χ0v) is 12.3. The van der Waals surface area contributed by atoms with Gasteiger partial charge in [0.1, 0.15) is 17.6 Å². The number of nitrogens with zero attached hydrogens (tertiary/aromatic N) is 1. The summed E-state index contributed by atoms with van der Waals surface area (Å²) in [6.07, 6.45) is -3.82. The summed E-state index contributed by atoms with van der Waals surface area (Å²) in [7, 11) is 0. The molecule has 0 aromatic heterocycles. The molecule has 0 aliphatic heterocycles. The fourth-order valence-electron chi connectivity index (χ4n) is 1.89. The van der Waals surface area contributed by atoms with Crippen LogP contribution in [-0.2, 0) is 12.6 Å². The van der Waals surface area contributed by atoms with Crippen LogP contribution in [0.3, 0.4) is 0 Å². The second-order valence-corrected chi connectivity index (χ2v) is 4.94. The predicted molar refractivity (Wildman–Crippen MR) is 77.1 cm³/mol. The van der Waals surface area contributed by atoms with Gasteiger partial charge in [0.15, 0.2) is 0 Å². The minimum Gasteiger partial charge on any atom is -0.456 e. The first-order chi connectivity index (χ1) is 10.3. The number of aryl methyl sites for hydroxylation is 1. The van der Waals surface area contributed by atoms with Crippen molar-refractivity contribution < 1.29 is 17.9 Å². The Bertz CT molecular complexity index is 735. The summed E-state index contributed by atoms with van der Waals surface area (Å²) < 4.78 is 43.9. The van der Waals surface area contributed by atoms with E-state index in [0.717, 1.165) is 24.1 Å². The first-order valence-corrected chi connectivity index (χ1v) is 6.80. The lowest BCUT2D eigenvalue weighted by molar-refractivity contribution is -0.137. The van der Waals surface area contributed by atoms with Crippen LogP contribution in [0.1, 0.15) is 23.6 Å². The molecule has 2 rings (SSSR count). The van der Waals surface area contributed by atoms with Crippen molar-refractivity contribution in [3.63, 3.8) is 0 Å². The predicted octanol–water partition coefficient (Wildman–Crippen LogP) is 5.59. The van der Waals surface area contributed by atoms with E-state index >= 15 is 0 Å². The number of benzene rings is 2. The van der Waals surface area contributed by atoms with Gasteiger partial charge in [0.25, 0.3) is 0 Å². The minimum absolute atomic E-state index is 0.0301. The van der Waals surface area contributed by atoms with Crippen LogP contribution >= 0.6 is 11.6 Å². The van der Waals surface area contributed by atoms with E-state index < -0.39 is 16.8 Å². The summed E-state index contributed by atoms with van der Waals surface area (Å²) >= 11 is 5.55. The van der Waals surface area contributed by atoms with Crippen molar-refractivity contribution in [2.24, 2.45) is 0 Å². The molecule has 0 aliphatic rings. The highest BCUT2D eigenvalue weighted by atomic mass is 35.5. The first-order valence-electron chi connectivity index (χ1n) is 6.42. The van der Waals surface area contributed by atoms with Crippen LogP contribution in [0.2, 0.25) is 5.02 Å². The van der Waals surface area contributed by atoms with Gasteiger partial charge in [0.2, 0.25) is 0 Å². The molecule has 2 aromatic carbocycles. The summed E-state index contributed by atoms with van der Waals surface area (Å²) in [5, 5.41) is 8.71. The van der Waals surface area contributed by atoms with Crippen molar-refractivity contribution in [2.45, 2.75) is 19.5 Å². The molecular formula is C16H11ClF3NO. The summed E-state index contributed by atoms with van der Waals surface area (Å²) in [6.45, 7) is 1.94. The largest absolute Gasteiger partial charge is 0.456 e. The summed E-state index contributed by atoms with van der Waals surface area (Å²) in [6, 6.07) is 10.2. The van der Waals surface area contributed by atoms with Gasteiger partial charge >= 0.3 is 6.18 Å². The number of halogens is 4. The van der Waals surface area contributed by atoms with Gasteiger partial charge in [-0.1, -0.05) is 24.6 Å². The summed E-state index contributed by atoms with van der Waals surface area (Å²) in [5.41, 5.74) is 0.231. The highest BCUT2D eigenvalue weighted by molar-refractivity contribution is 6.31. The van der Waals surface area contributed by atoms with E-state index in [1.165, 1.54) is 6.07 Å². The van der Waals surface area contributed by atoms with Gasteiger partial charge < -0.3 is 4.74 Å². The van der Waals surface area contributed by atoms with Gasteiger partial charge in [-0.2, -0.15) is 18.4 Å². The monoisotopic (exact) mass is 325 g/mol. The smallest absolute Gasteiger partial charge is 0.417 e. The minimum atomic E-state index is -4.57. The van der Waals surface area contributed by atoms with E-state index in [0.29, 0.717) is 0 Å². The van der Waals surface area contributed by atoms with Crippen LogP contribution in [-0.4, -0.2) is 0 Å². The Morgan fingerprint density at radius 3 is 2.50 bits per heavy atom. The van der Waals surface area contributed by atoms with Crippen LogP contribution < -0.4 is 4.74 Å². The van der Waals surface area contributed by atoms with Gasteiger partial charge in [-0.3, -0.25) is 0 Å². The van der Waals surface area contributed by atoms with Crippen molar-refractivity contribution >= 4 is 11.6 Å². The topological polar surface area (TPSA) is 33.0 Å². The summed E-state index contributed by atoms with van der Waals surface area (Å²) in [5.74, 6) is 0.174. The van der Waals surface area contributed by atoms with Crippen molar-refractivity contribution in [3.8, 4) is 17.6 Å². The standard InChI is InChI=1S/C16H11ClF3NO/c1-2-10-3-6-15(11(7-10)9-21)22-12-4-5-14(17)13(8-12)16(18,19)20/h3-8H,2H2,1H3. The molecule has 0 saturated heterocycles. The zero-order chi connectivity index (χ0) is 16.3. The zero-order valence-electron chi connectivity index (χ0n) is 11.5. The van der Waals surface area contributed by atoms with Gasteiger partial charge in [-0.15, -0.1) is 0 Å². The Balaban J connectivity index is 2.38. The quantitative estimate of drug-likeness (QED) is 0.737. The maximum Gasteiger partial charge on any atom is 0.417 e. The summed E-state index contributed by atoms with van der Waals surface area (Å²) in [4.78, 5) is 0. The number of ether oxygens (including phenoxy) is 1. The molecule has 0 unspecified atom stereocenters. The first kappa shape index (κ1) is 16.2. The lowest BCUT2D eigenvalue weighted by Crippen LogP contribution is -2.06. The van der Waals surface area contributed by atoms with Crippen LogP contribution in [0.5, 0.6) is 11.5 Å². The number of rotatable bonds is 3. The number of hydrogen-bond donors (Lipinski definition) is 0. The maximum absolute atomic E-state index is 12.8. The maximum atomic E-state index is 12.8. The van der Waals surface area contributed by atoms with Crippen LogP contribution in [0, 0.1) is 11.3 Å². The molecule has 0 amide bonds. The molecule has 0 heterocycles. The molecule has 114 valence electrons. The Hall–Kier alpha value is -2.19. The molecule has 0 fully saturated rings. The van der Waals surface area contributed by atoms with Gasteiger partial charge in [0.05, 0.1) is 16.1 Å². The molecule has 6 heteroatoms. The number of alkyl halides is 3. The fourth-order valence-corrected chi connectivity index (χ4v) is 2.11. The molecule has 22 heavy (non-hydrogen) atoms. The molecule has 0 N–H and O–H groups in total. The van der Waals surface area contributed by atoms with Gasteiger partial charge in [0, 0.05) is 0 Å². The molecule has 0 atom stereocenters. The normalized spacial score (nSPS) is 11.1. The average molecular weight is 326 g/mol. The van der Waals surface area contributed by atoms with Crippen molar-refractivity contribution in [1.29, 1.82) is 5.26 Å². The molecule has 0 aliphatic carbocycles. The second-order valence-electron chi connectivity index (χ2n) is 4.54. The third kappa shape index (κ3) is 3.52. The third-order valence-electron chi connectivity index (χ3n) is 3.04. The van der Waals surface area contributed by atoms with E-state index in [9.17, 15) is 13.2 Å². The molecule has 0 saturated carbocycles. The van der Waals surface area contributed by atoms with Crippen molar-refractivity contribution in [1.82, 2.24) is 0 Å². The molecule has 2 nitrogen and oxygen atoms in total. The van der Waals surface area contributed by atoms with Crippen molar-refractivity contribution in [3.05, 3.63) is 58.1 Å². The average Bonchev–Trinajstić information content (AvgIpc) is 2.48. The van der Waals surface area contributed by atoms with E-state index in [4.69, 9.17) is 21.6 Å². The van der Waals surface area contributed by atoms with E-state index in [-0.39, 0.29) is 17.1 Å². The Morgan fingerprint density at radius 1 is 1.18 bits per heavy atom. The molecule has 0 spiro atoms. The van der Waals surface area contributed by atoms with E-state index in [1.807, 2.05) is 13.0 Å². The Kier molecular flexibility index (Phi) is 4.62. The second kappa shape index (κ2) is 6.29. The molecule has 2 aromatic rings. The van der Waals surface area contributed by atoms with Crippen LogP contribution in [0.25, 0.3) is 0 Å². The Morgan fingerprint density at radius 2 is 1.91 bits per heavy atom. The van der Waals surface area contributed by atoms with Crippen LogP contribution in [0.15, 0.2) is 36.4 Å². The number of hydrogen-bond acceptors (Lipinski definition) is 2. The van der Waals surface area contributed by atoms with Crippen molar-refractivity contribution in [2.75, 3.05) is 0 Å².